The Morgan fingerprint density at radius 1 is 1.00 bits per heavy atom. The predicted octanol–water partition coefficient (Wildman–Crippen LogP) is 4.99. The Labute approximate surface area is 172 Å². The topological polar surface area (TPSA) is 64.6 Å². The summed E-state index contributed by atoms with van der Waals surface area (Å²) in [6.45, 7) is 0.239. The molecule has 0 bridgehead atoms. The van der Waals surface area contributed by atoms with Crippen LogP contribution in [0.25, 0.3) is 0 Å². The molecular formula is C22H17ClFNO4. The molecule has 0 aromatic heterocycles. The third-order valence-electron chi connectivity index (χ3n) is 4.06. The van der Waals surface area contributed by atoms with Crippen molar-refractivity contribution in [1.82, 2.24) is 5.32 Å². The second-order valence-corrected chi connectivity index (χ2v) is 6.50. The van der Waals surface area contributed by atoms with Gasteiger partial charge in [0.15, 0.2) is 0 Å². The van der Waals surface area contributed by atoms with E-state index in [-0.39, 0.29) is 23.8 Å². The molecule has 0 radical (unpaired) electrons. The summed E-state index contributed by atoms with van der Waals surface area (Å²) in [6.07, 6.45) is 0. The van der Waals surface area contributed by atoms with Gasteiger partial charge in [0, 0.05) is 11.6 Å². The molecule has 0 aliphatic rings. The molecule has 3 aromatic carbocycles. The van der Waals surface area contributed by atoms with Crippen LogP contribution in [0.15, 0.2) is 66.7 Å². The number of amides is 1. The number of methoxy groups -OCH3 is 1. The number of hydrogen-bond donors (Lipinski definition) is 1. The van der Waals surface area contributed by atoms with Crippen LogP contribution in [0.3, 0.4) is 0 Å². The average molecular weight is 414 g/mol. The molecule has 3 rings (SSSR count). The number of hydrogen-bond acceptors (Lipinski definition) is 4. The van der Waals surface area contributed by atoms with Crippen molar-refractivity contribution in [3.8, 4) is 11.5 Å². The van der Waals surface area contributed by atoms with Crippen LogP contribution in [0.2, 0.25) is 5.02 Å². The van der Waals surface area contributed by atoms with Gasteiger partial charge in [0.05, 0.1) is 18.2 Å². The van der Waals surface area contributed by atoms with Crippen molar-refractivity contribution < 1.29 is 23.5 Å². The highest BCUT2D eigenvalue weighted by atomic mass is 35.5. The molecule has 0 aliphatic heterocycles. The highest BCUT2D eigenvalue weighted by Gasteiger charge is 2.14. The number of carbonyl (C=O) groups excluding carboxylic acids is 2. The highest BCUT2D eigenvalue weighted by Crippen LogP contribution is 2.28. The smallest absolute Gasteiger partial charge is 0.337 e. The third kappa shape index (κ3) is 5.33. The number of nitrogens with one attached hydrogen (secondary N) is 1. The van der Waals surface area contributed by atoms with E-state index in [1.54, 1.807) is 36.4 Å². The van der Waals surface area contributed by atoms with Crippen molar-refractivity contribution in [2.75, 3.05) is 7.11 Å². The molecule has 5 nitrogen and oxygen atoms in total. The minimum Gasteiger partial charge on any atom is -0.465 e. The monoisotopic (exact) mass is 413 g/mol. The molecule has 0 spiro atoms. The quantitative estimate of drug-likeness (QED) is 0.578. The van der Waals surface area contributed by atoms with E-state index < -0.39 is 5.97 Å². The number of ether oxygens (including phenoxy) is 2. The normalized spacial score (nSPS) is 10.3. The van der Waals surface area contributed by atoms with E-state index in [2.05, 4.69) is 10.1 Å². The summed E-state index contributed by atoms with van der Waals surface area (Å²) in [5.74, 6) is -0.519. The molecule has 3 aromatic rings. The van der Waals surface area contributed by atoms with Crippen molar-refractivity contribution in [3.63, 3.8) is 0 Å². The predicted molar refractivity (Wildman–Crippen MR) is 107 cm³/mol. The van der Waals surface area contributed by atoms with E-state index in [9.17, 15) is 14.0 Å². The van der Waals surface area contributed by atoms with Crippen LogP contribution < -0.4 is 10.1 Å². The Morgan fingerprint density at radius 3 is 2.34 bits per heavy atom. The Kier molecular flexibility index (Phi) is 6.46. The summed E-state index contributed by atoms with van der Waals surface area (Å²) in [4.78, 5) is 24.1. The summed E-state index contributed by atoms with van der Waals surface area (Å²) in [5.41, 5.74) is 1.47. The lowest BCUT2D eigenvalue weighted by molar-refractivity contribution is 0.0600. The maximum atomic E-state index is 13.1. The van der Waals surface area contributed by atoms with Gasteiger partial charge in [-0.05, 0) is 60.2 Å². The first kappa shape index (κ1) is 20.4. The Balaban J connectivity index is 1.72. The lowest BCUT2D eigenvalue weighted by atomic mass is 10.1. The minimum absolute atomic E-state index is 0.239. The van der Waals surface area contributed by atoms with Crippen LogP contribution in [0.1, 0.15) is 26.3 Å². The molecule has 148 valence electrons. The largest absolute Gasteiger partial charge is 0.465 e. The molecule has 1 amide bonds. The summed E-state index contributed by atoms with van der Waals surface area (Å²) >= 11 is 6.03. The molecule has 29 heavy (non-hydrogen) atoms. The van der Waals surface area contributed by atoms with Crippen LogP contribution in [0.4, 0.5) is 4.39 Å². The lowest BCUT2D eigenvalue weighted by Gasteiger charge is -2.12. The van der Waals surface area contributed by atoms with Gasteiger partial charge in [0.1, 0.15) is 17.3 Å². The fourth-order valence-electron chi connectivity index (χ4n) is 2.55. The maximum absolute atomic E-state index is 13.1. The SMILES string of the molecule is COC(=O)c1ccc(CNC(=O)c2cc(Cl)ccc2Oc2ccc(F)cc2)cc1. The van der Waals surface area contributed by atoms with Crippen molar-refractivity contribution in [1.29, 1.82) is 0 Å². The fourth-order valence-corrected chi connectivity index (χ4v) is 2.72. The Hall–Kier alpha value is -3.38. The van der Waals surface area contributed by atoms with Crippen molar-refractivity contribution in [3.05, 3.63) is 94.3 Å². The molecular weight excluding hydrogens is 397 g/mol. The van der Waals surface area contributed by atoms with E-state index in [0.717, 1.165) is 5.56 Å². The van der Waals surface area contributed by atoms with E-state index in [1.165, 1.54) is 37.4 Å². The van der Waals surface area contributed by atoms with Crippen LogP contribution in [-0.4, -0.2) is 19.0 Å². The molecule has 0 saturated carbocycles. The number of esters is 1. The van der Waals surface area contributed by atoms with Gasteiger partial charge < -0.3 is 14.8 Å². The van der Waals surface area contributed by atoms with Crippen LogP contribution in [-0.2, 0) is 11.3 Å². The zero-order valence-corrected chi connectivity index (χ0v) is 16.2. The zero-order chi connectivity index (χ0) is 20.8. The first-order valence-electron chi connectivity index (χ1n) is 8.64. The van der Waals surface area contributed by atoms with Crippen LogP contribution >= 0.6 is 11.6 Å². The van der Waals surface area contributed by atoms with Gasteiger partial charge in [0.2, 0.25) is 0 Å². The minimum atomic E-state index is -0.429. The van der Waals surface area contributed by atoms with Crippen molar-refractivity contribution >= 4 is 23.5 Å². The van der Waals surface area contributed by atoms with Gasteiger partial charge >= 0.3 is 5.97 Å². The zero-order valence-electron chi connectivity index (χ0n) is 15.4. The molecule has 0 saturated heterocycles. The number of rotatable bonds is 6. The molecule has 0 aliphatic carbocycles. The summed E-state index contributed by atoms with van der Waals surface area (Å²) < 4.78 is 23.4. The first-order chi connectivity index (χ1) is 14.0. The van der Waals surface area contributed by atoms with Crippen LogP contribution in [0.5, 0.6) is 11.5 Å². The highest BCUT2D eigenvalue weighted by molar-refractivity contribution is 6.31. The second kappa shape index (κ2) is 9.21. The molecule has 0 unspecified atom stereocenters. The fraction of sp³-hybridized carbons (Fsp3) is 0.0909. The molecule has 0 heterocycles. The number of benzene rings is 3. The first-order valence-corrected chi connectivity index (χ1v) is 9.02. The summed E-state index contributed by atoms with van der Waals surface area (Å²) in [6, 6.07) is 16.8. The van der Waals surface area contributed by atoms with Gasteiger partial charge in [-0.3, -0.25) is 4.79 Å². The molecule has 7 heteroatoms. The van der Waals surface area contributed by atoms with E-state index in [0.29, 0.717) is 22.1 Å². The number of carbonyl (C=O) groups is 2. The van der Waals surface area contributed by atoms with Gasteiger partial charge in [-0.15, -0.1) is 0 Å². The van der Waals surface area contributed by atoms with E-state index in [4.69, 9.17) is 16.3 Å². The average Bonchev–Trinajstić information content (AvgIpc) is 2.74. The Morgan fingerprint density at radius 2 is 1.69 bits per heavy atom. The van der Waals surface area contributed by atoms with Crippen LogP contribution in [0, 0.1) is 5.82 Å². The summed E-state index contributed by atoms with van der Waals surface area (Å²) in [7, 11) is 1.31. The lowest BCUT2D eigenvalue weighted by Crippen LogP contribution is -2.23. The Bertz CT molecular complexity index is 1020. The third-order valence-corrected chi connectivity index (χ3v) is 4.29. The van der Waals surface area contributed by atoms with Crippen molar-refractivity contribution in [2.24, 2.45) is 0 Å². The van der Waals surface area contributed by atoms with E-state index in [1.807, 2.05) is 0 Å². The van der Waals surface area contributed by atoms with Gasteiger partial charge in [0.25, 0.3) is 5.91 Å². The summed E-state index contributed by atoms with van der Waals surface area (Å²) in [5, 5.41) is 3.17. The standard InChI is InChI=1S/C22H17ClFNO4/c1-28-22(27)15-4-2-14(3-5-15)13-25-21(26)19-12-16(23)6-11-20(19)29-18-9-7-17(24)8-10-18/h2-12H,13H2,1H3,(H,25,26). The van der Waals surface area contributed by atoms with Gasteiger partial charge in [-0.1, -0.05) is 23.7 Å². The molecule has 0 fully saturated rings. The van der Waals surface area contributed by atoms with Gasteiger partial charge in [-0.25, -0.2) is 9.18 Å². The second-order valence-electron chi connectivity index (χ2n) is 6.07. The molecule has 0 atom stereocenters. The number of halogens is 2. The van der Waals surface area contributed by atoms with Crippen molar-refractivity contribution in [2.45, 2.75) is 6.54 Å². The maximum Gasteiger partial charge on any atom is 0.337 e. The molecule has 1 N–H and O–H groups in total. The van der Waals surface area contributed by atoms with Gasteiger partial charge in [-0.2, -0.15) is 0 Å². The van der Waals surface area contributed by atoms with E-state index >= 15 is 0 Å².